The number of piperidine rings is 1. The van der Waals surface area contributed by atoms with Gasteiger partial charge in [-0.2, -0.15) is 0 Å². The molecule has 8 heteroatoms. The number of carbonyl (C=O) groups is 2. The number of urea groups is 1. The summed E-state index contributed by atoms with van der Waals surface area (Å²) in [7, 11) is 0. The molecule has 4 aliphatic rings. The van der Waals surface area contributed by atoms with Crippen LogP contribution in [0.15, 0.2) is 42.5 Å². The fraction of sp³-hybridized carbons (Fsp3) is 0.481. The van der Waals surface area contributed by atoms with Crippen LogP contribution in [0.4, 0.5) is 4.79 Å². The summed E-state index contributed by atoms with van der Waals surface area (Å²) < 4.78 is 10.9. The van der Waals surface area contributed by atoms with E-state index in [2.05, 4.69) is 16.3 Å². The van der Waals surface area contributed by atoms with Gasteiger partial charge in [0, 0.05) is 24.5 Å². The predicted molar refractivity (Wildman–Crippen MR) is 131 cm³/mol. The number of hydrogen-bond donors (Lipinski definition) is 1. The second kappa shape index (κ2) is 9.03. The molecule has 0 radical (unpaired) electrons. The van der Waals surface area contributed by atoms with Gasteiger partial charge in [0.15, 0.2) is 11.5 Å². The second-order valence-electron chi connectivity index (χ2n) is 10.3. The molecular weight excluding hydrogens is 466 g/mol. The number of benzene rings is 2. The van der Waals surface area contributed by atoms with Crippen LogP contribution in [0.2, 0.25) is 5.02 Å². The number of carbonyl (C=O) groups excluding carboxylic acids is 2. The topological polar surface area (TPSA) is 71.1 Å². The Balaban J connectivity index is 1.20. The molecule has 3 fully saturated rings. The Bertz CT molecular complexity index is 1140. The molecule has 0 aromatic heterocycles. The first-order valence-corrected chi connectivity index (χ1v) is 12.9. The normalized spacial score (nSPS) is 24.8. The summed E-state index contributed by atoms with van der Waals surface area (Å²) in [6, 6.07) is 13.5. The van der Waals surface area contributed by atoms with Crippen molar-refractivity contribution < 1.29 is 19.1 Å². The van der Waals surface area contributed by atoms with E-state index in [0.29, 0.717) is 23.9 Å². The first-order chi connectivity index (χ1) is 17.0. The van der Waals surface area contributed by atoms with Crippen LogP contribution in [-0.4, -0.2) is 53.7 Å². The Morgan fingerprint density at radius 1 is 1.00 bits per heavy atom. The van der Waals surface area contributed by atoms with Gasteiger partial charge in [0.2, 0.25) is 6.79 Å². The summed E-state index contributed by atoms with van der Waals surface area (Å²) in [6.07, 6.45) is 4.27. The van der Waals surface area contributed by atoms with Crippen LogP contribution >= 0.6 is 11.6 Å². The maximum atomic E-state index is 13.9. The molecule has 2 saturated heterocycles. The van der Waals surface area contributed by atoms with Crippen molar-refractivity contribution in [3.8, 4) is 11.5 Å². The summed E-state index contributed by atoms with van der Waals surface area (Å²) in [4.78, 5) is 30.7. The lowest BCUT2D eigenvalue weighted by Crippen LogP contribution is -2.57. The minimum atomic E-state index is -0.943. The predicted octanol–water partition coefficient (Wildman–Crippen LogP) is 4.22. The van der Waals surface area contributed by atoms with Gasteiger partial charge in [0.25, 0.3) is 5.91 Å². The number of hydrogen-bond acceptors (Lipinski definition) is 5. The number of likely N-dealkylation sites (tertiary alicyclic amines) is 1. The average molecular weight is 496 g/mol. The van der Waals surface area contributed by atoms with E-state index in [1.165, 1.54) is 10.5 Å². The molecule has 3 heterocycles. The van der Waals surface area contributed by atoms with E-state index in [-0.39, 0.29) is 24.6 Å². The quantitative estimate of drug-likeness (QED) is 0.582. The van der Waals surface area contributed by atoms with Crippen molar-refractivity contribution in [1.82, 2.24) is 15.1 Å². The lowest BCUT2D eigenvalue weighted by atomic mass is 9.73. The highest BCUT2D eigenvalue weighted by atomic mass is 35.5. The van der Waals surface area contributed by atoms with Gasteiger partial charge in [0.05, 0.1) is 0 Å². The molecule has 0 spiro atoms. The molecule has 1 saturated carbocycles. The summed E-state index contributed by atoms with van der Waals surface area (Å²) in [6.45, 7) is 3.33. The first-order valence-electron chi connectivity index (χ1n) is 12.5. The van der Waals surface area contributed by atoms with Crippen molar-refractivity contribution in [3.63, 3.8) is 0 Å². The number of ether oxygens (including phenoxy) is 2. The summed E-state index contributed by atoms with van der Waals surface area (Å²) >= 11 is 6.51. The molecule has 1 N–H and O–H groups in total. The van der Waals surface area contributed by atoms with Crippen molar-refractivity contribution in [2.45, 2.75) is 44.2 Å². The molecule has 3 aliphatic heterocycles. The van der Waals surface area contributed by atoms with Crippen LogP contribution in [0.1, 0.15) is 36.8 Å². The summed E-state index contributed by atoms with van der Waals surface area (Å²) in [5.41, 5.74) is 1.14. The minimum Gasteiger partial charge on any atom is -0.454 e. The van der Waals surface area contributed by atoms with E-state index < -0.39 is 5.54 Å². The van der Waals surface area contributed by atoms with Crippen LogP contribution in [0.3, 0.4) is 0 Å². The van der Waals surface area contributed by atoms with Crippen molar-refractivity contribution in [2.24, 2.45) is 11.8 Å². The molecule has 1 aliphatic carbocycles. The highest BCUT2D eigenvalue weighted by molar-refractivity contribution is 6.31. The van der Waals surface area contributed by atoms with Gasteiger partial charge in [-0.15, -0.1) is 0 Å². The second-order valence-corrected chi connectivity index (χ2v) is 10.7. The van der Waals surface area contributed by atoms with Gasteiger partial charge < -0.3 is 14.8 Å². The Morgan fingerprint density at radius 3 is 2.54 bits per heavy atom. The molecule has 35 heavy (non-hydrogen) atoms. The van der Waals surface area contributed by atoms with E-state index in [9.17, 15) is 9.59 Å². The maximum Gasteiger partial charge on any atom is 0.325 e. The third kappa shape index (κ3) is 4.36. The number of imide groups is 1. The zero-order valence-electron chi connectivity index (χ0n) is 19.7. The molecule has 2 aromatic rings. The van der Waals surface area contributed by atoms with Crippen molar-refractivity contribution >= 4 is 23.5 Å². The molecular formula is C27H30ClN3O4. The highest BCUT2D eigenvalue weighted by Gasteiger charge is 2.56. The third-order valence-corrected chi connectivity index (χ3v) is 8.26. The zero-order chi connectivity index (χ0) is 24.0. The van der Waals surface area contributed by atoms with Crippen LogP contribution in [-0.2, 0) is 17.8 Å². The van der Waals surface area contributed by atoms with Crippen LogP contribution in [0, 0.1) is 11.8 Å². The van der Waals surface area contributed by atoms with E-state index >= 15 is 0 Å². The number of amides is 3. The van der Waals surface area contributed by atoms with Crippen molar-refractivity contribution in [2.75, 3.05) is 26.4 Å². The zero-order valence-corrected chi connectivity index (χ0v) is 20.4. The minimum absolute atomic E-state index is 0.0485. The molecule has 0 unspecified atom stereocenters. The van der Waals surface area contributed by atoms with Gasteiger partial charge in [-0.05, 0) is 79.9 Å². The fourth-order valence-corrected chi connectivity index (χ4v) is 5.94. The Kier molecular flexibility index (Phi) is 5.85. The average Bonchev–Trinajstić information content (AvgIpc) is 3.51. The Morgan fingerprint density at radius 2 is 1.77 bits per heavy atom. The third-order valence-electron chi connectivity index (χ3n) is 7.89. The van der Waals surface area contributed by atoms with Gasteiger partial charge in [-0.1, -0.05) is 35.9 Å². The molecule has 2 aromatic carbocycles. The lowest BCUT2D eigenvalue weighted by molar-refractivity contribution is -0.134. The van der Waals surface area contributed by atoms with Crippen LogP contribution < -0.4 is 14.8 Å². The van der Waals surface area contributed by atoms with E-state index in [4.69, 9.17) is 21.1 Å². The molecule has 6 rings (SSSR count). The van der Waals surface area contributed by atoms with Crippen molar-refractivity contribution in [1.29, 1.82) is 0 Å². The van der Waals surface area contributed by atoms with Crippen molar-refractivity contribution in [3.05, 3.63) is 58.6 Å². The summed E-state index contributed by atoms with van der Waals surface area (Å²) in [5, 5.41) is 3.80. The lowest BCUT2D eigenvalue weighted by Gasteiger charge is -2.41. The van der Waals surface area contributed by atoms with E-state index in [0.717, 1.165) is 62.4 Å². The molecule has 184 valence electrons. The summed E-state index contributed by atoms with van der Waals surface area (Å²) in [5.74, 6) is 2.01. The van der Waals surface area contributed by atoms with Gasteiger partial charge in [-0.3, -0.25) is 14.6 Å². The van der Waals surface area contributed by atoms with Gasteiger partial charge in [-0.25, -0.2) is 4.79 Å². The molecule has 3 amide bonds. The molecule has 1 atom stereocenters. The van der Waals surface area contributed by atoms with Crippen LogP contribution in [0.25, 0.3) is 0 Å². The Labute approximate surface area is 210 Å². The standard InChI is InChI=1S/C27H30ClN3O4/c28-22-4-2-1-3-20(22)14-27(25(32)31(26(33)29-27)16-18-5-6-18)21-9-11-30(12-10-21)15-19-7-8-23-24(13-19)35-17-34-23/h1-4,7-8,13,18,21H,5-6,9-12,14-17H2,(H,29,33)/t27-/m0/s1. The smallest absolute Gasteiger partial charge is 0.325 e. The highest BCUT2D eigenvalue weighted by Crippen LogP contribution is 2.40. The largest absolute Gasteiger partial charge is 0.454 e. The molecule has 7 nitrogen and oxygen atoms in total. The van der Waals surface area contributed by atoms with E-state index in [1.807, 2.05) is 36.4 Å². The number of nitrogens with one attached hydrogen (secondary N) is 1. The Hall–Kier alpha value is -2.77. The number of nitrogens with zero attached hydrogens (tertiary/aromatic N) is 2. The number of halogens is 1. The molecule has 0 bridgehead atoms. The van der Waals surface area contributed by atoms with Gasteiger partial charge in [0.1, 0.15) is 5.54 Å². The monoisotopic (exact) mass is 495 g/mol. The SMILES string of the molecule is O=C1N[C@@](Cc2ccccc2Cl)(C2CCN(Cc3ccc4c(c3)OCO4)CC2)C(=O)N1CC1CC1. The fourth-order valence-electron chi connectivity index (χ4n) is 5.73. The van der Waals surface area contributed by atoms with E-state index in [1.54, 1.807) is 0 Å². The maximum absolute atomic E-state index is 13.9. The van der Waals surface area contributed by atoms with Crippen LogP contribution in [0.5, 0.6) is 11.5 Å². The first kappa shape index (κ1) is 22.7. The van der Waals surface area contributed by atoms with Gasteiger partial charge >= 0.3 is 6.03 Å². The number of fused-ring (bicyclic) bond motifs is 1. The number of rotatable bonds is 7.